The molecule has 10 nitrogen and oxygen atoms in total. The highest BCUT2D eigenvalue weighted by Gasteiger charge is 2.38. The van der Waals surface area contributed by atoms with Gasteiger partial charge >= 0.3 is 24.3 Å². The van der Waals surface area contributed by atoms with E-state index < -0.39 is 24.3 Å². The van der Waals surface area contributed by atoms with Crippen molar-refractivity contribution in [2.24, 2.45) is 0 Å². The van der Waals surface area contributed by atoms with E-state index in [1.165, 1.54) is 17.7 Å². The minimum atomic E-state index is -5.08. The zero-order valence-corrected chi connectivity index (χ0v) is 20.3. The minimum Gasteiger partial charge on any atom is -0.475 e. The Morgan fingerprint density at radius 1 is 0.921 bits per heavy atom. The van der Waals surface area contributed by atoms with Crippen molar-refractivity contribution in [1.82, 2.24) is 20.2 Å². The molecule has 2 aliphatic heterocycles. The smallest absolute Gasteiger partial charge is 0.475 e. The fraction of sp³-hybridized carbons (Fsp3) is 0.476. The molecule has 38 heavy (non-hydrogen) atoms. The Labute approximate surface area is 215 Å². The van der Waals surface area contributed by atoms with E-state index in [1.807, 2.05) is 17.0 Å². The Morgan fingerprint density at radius 3 is 1.89 bits per heavy atom. The van der Waals surface area contributed by atoms with Crippen LogP contribution in [0.15, 0.2) is 30.6 Å². The summed E-state index contributed by atoms with van der Waals surface area (Å²) >= 11 is 1.64. The first-order valence-corrected chi connectivity index (χ1v) is 11.8. The highest BCUT2D eigenvalue weighted by atomic mass is 32.1. The first-order valence-electron chi connectivity index (χ1n) is 10.9. The number of amides is 1. The van der Waals surface area contributed by atoms with E-state index in [1.54, 1.807) is 23.7 Å². The van der Waals surface area contributed by atoms with Crippen molar-refractivity contribution in [2.45, 2.75) is 31.2 Å². The molecule has 1 atom stereocenters. The van der Waals surface area contributed by atoms with E-state index in [0.717, 1.165) is 30.5 Å². The number of nitrogens with one attached hydrogen (secondary N) is 1. The number of anilines is 1. The lowest BCUT2D eigenvalue weighted by Crippen LogP contribution is -2.49. The summed E-state index contributed by atoms with van der Waals surface area (Å²) in [7, 11) is 0. The Balaban J connectivity index is 0.000000301. The summed E-state index contributed by atoms with van der Waals surface area (Å²) in [6.07, 6.45) is -4.27. The van der Waals surface area contributed by atoms with Crippen LogP contribution >= 0.6 is 11.3 Å². The standard InChI is InChI=1S/C17H21N5OS.2C2HF3O2/c23-16(15-5-4-14(24-15)13-3-1-6-18-13)21-9-11-22(12-10-21)17-19-7-2-8-20-17;2*3-2(4,5)1(6)7/h2,4-5,7-8,13,18H,1,3,6,9-12H2;2*(H,6,7). The number of hydrogen-bond donors (Lipinski definition) is 3. The van der Waals surface area contributed by atoms with Crippen LogP contribution in [-0.4, -0.2) is 88.0 Å². The van der Waals surface area contributed by atoms with Crippen molar-refractivity contribution in [2.75, 3.05) is 37.6 Å². The molecule has 0 aromatic carbocycles. The van der Waals surface area contributed by atoms with E-state index >= 15 is 0 Å². The summed E-state index contributed by atoms with van der Waals surface area (Å²) in [5, 5.41) is 17.7. The number of carboxylic acid groups (broad SMARTS) is 2. The van der Waals surface area contributed by atoms with Crippen LogP contribution in [0.5, 0.6) is 0 Å². The number of thiophene rings is 1. The van der Waals surface area contributed by atoms with Gasteiger partial charge < -0.3 is 25.3 Å². The molecule has 2 aromatic heterocycles. The van der Waals surface area contributed by atoms with Crippen LogP contribution in [0.2, 0.25) is 0 Å². The SMILES string of the molecule is O=C(O)C(F)(F)F.O=C(O)C(F)(F)F.O=C(c1ccc(C2CCCN2)s1)N1CCN(c2ncccn2)CC1. The van der Waals surface area contributed by atoms with Gasteiger partial charge in [-0.05, 0) is 37.6 Å². The fourth-order valence-corrected chi connectivity index (χ4v) is 4.39. The molecule has 2 fully saturated rings. The highest BCUT2D eigenvalue weighted by Crippen LogP contribution is 2.30. The average molecular weight is 572 g/mol. The lowest BCUT2D eigenvalue weighted by Gasteiger charge is -2.34. The average Bonchev–Trinajstić information content (AvgIpc) is 3.56. The summed E-state index contributed by atoms with van der Waals surface area (Å²) in [6, 6.07) is 6.34. The van der Waals surface area contributed by atoms with Crippen LogP contribution in [0.1, 0.15) is 33.4 Å². The molecule has 3 N–H and O–H groups in total. The van der Waals surface area contributed by atoms with Crippen LogP contribution in [0, 0.1) is 0 Å². The van der Waals surface area contributed by atoms with Gasteiger partial charge in [0.15, 0.2) is 0 Å². The number of hydrogen-bond acceptors (Lipinski definition) is 8. The number of alkyl halides is 6. The van der Waals surface area contributed by atoms with E-state index in [2.05, 4.69) is 26.3 Å². The fourth-order valence-electron chi connectivity index (χ4n) is 3.30. The van der Waals surface area contributed by atoms with Gasteiger partial charge in [0.05, 0.1) is 4.88 Å². The molecule has 0 saturated carbocycles. The van der Waals surface area contributed by atoms with E-state index in [0.29, 0.717) is 19.1 Å². The van der Waals surface area contributed by atoms with Gasteiger partial charge in [0, 0.05) is 49.5 Å². The Hall–Kier alpha value is -3.47. The Bertz CT molecular complexity index is 1040. The van der Waals surface area contributed by atoms with E-state index in [-0.39, 0.29) is 5.91 Å². The largest absolute Gasteiger partial charge is 0.490 e. The number of nitrogens with zero attached hydrogens (tertiary/aromatic N) is 4. The van der Waals surface area contributed by atoms with Crippen molar-refractivity contribution in [3.05, 3.63) is 40.3 Å². The number of carbonyl (C=O) groups excluding carboxylic acids is 1. The molecular weight excluding hydrogens is 548 g/mol. The number of carbonyl (C=O) groups is 3. The summed E-state index contributed by atoms with van der Waals surface area (Å²) in [5.41, 5.74) is 0. The molecule has 4 heterocycles. The molecule has 0 bridgehead atoms. The van der Waals surface area contributed by atoms with Crippen molar-refractivity contribution < 1.29 is 50.9 Å². The molecule has 1 amide bonds. The third kappa shape index (κ3) is 9.44. The van der Waals surface area contributed by atoms with Gasteiger partial charge in [-0.25, -0.2) is 19.6 Å². The summed E-state index contributed by atoms with van der Waals surface area (Å²) in [6.45, 7) is 4.06. The summed E-state index contributed by atoms with van der Waals surface area (Å²) in [4.78, 5) is 45.3. The van der Waals surface area contributed by atoms with Crippen molar-refractivity contribution >= 4 is 35.1 Å². The molecule has 2 aliphatic rings. The highest BCUT2D eigenvalue weighted by molar-refractivity contribution is 7.14. The van der Waals surface area contributed by atoms with Gasteiger partial charge in [-0.1, -0.05) is 0 Å². The second kappa shape index (κ2) is 13.4. The molecule has 2 saturated heterocycles. The number of halogens is 6. The molecule has 1 unspecified atom stereocenters. The van der Waals surface area contributed by atoms with E-state index in [9.17, 15) is 31.1 Å². The van der Waals surface area contributed by atoms with Gasteiger partial charge in [0.2, 0.25) is 5.95 Å². The maximum Gasteiger partial charge on any atom is 0.490 e. The van der Waals surface area contributed by atoms with Crippen LogP contribution in [0.3, 0.4) is 0 Å². The van der Waals surface area contributed by atoms with Crippen molar-refractivity contribution in [3.63, 3.8) is 0 Å². The molecule has 4 rings (SSSR count). The zero-order chi connectivity index (χ0) is 28.5. The van der Waals surface area contributed by atoms with Crippen LogP contribution in [0.25, 0.3) is 0 Å². The maximum atomic E-state index is 12.7. The normalized spacial score (nSPS) is 17.6. The third-order valence-electron chi connectivity index (χ3n) is 5.13. The van der Waals surface area contributed by atoms with Crippen LogP contribution < -0.4 is 10.2 Å². The molecule has 2 aromatic rings. The zero-order valence-electron chi connectivity index (χ0n) is 19.5. The van der Waals surface area contributed by atoms with E-state index in [4.69, 9.17) is 19.8 Å². The molecule has 17 heteroatoms. The predicted molar refractivity (Wildman–Crippen MR) is 122 cm³/mol. The monoisotopic (exact) mass is 571 g/mol. The third-order valence-corrected chi connectivity index (χ3v) is 6.32. The maximum absolute atomic E-state index is 12.7. The molecule has 0 spiro atoms. The molecule has 0 radical (unpaired) electrons. The number of piperazine rings is 1. The van der Waals surface area contributed by atoms with Gasteiger partial charge in [0.1, 0.15) is 0 Å². The van der Waals surface area contributed by atoms with Gasteiger partial charge in [-0.2, -0.15) is 26.3 Å². The van der Waals surface area contributed by atoms with Crippen LogP contribution in [0.4, 0.5) is 32.3 Å². The van der Waals surface area contributed by atoms with Crippen molar-refractivity contribution in [3.8, 4) is 0 Å². The van der Waals surface area contributed by atoms with Gasteiger partial charge in [-0.3, -0.25) is 4.79 Å². The van der Waals surface area contributed by atoms with Crippen LogP contribution in [-0.2, 0) is 9.59 Å². The lowest BCUT2D eigenvalue weighted by atomic mass is 10.2. The number of carboxylic acids is 2. The van der Waals surface area contributed by atoms with Gasteiger partial charge in [-0.15, -0.1) is 11.3 Å². The number of aromatic nitrogens is 2. The van der Waals surface area contributed by atoms with Gasteiger partial charge in [0.25, 0.3) is 5.91 Å². The Morgan fingerprint density at radius 2 is 1.45 bits per heavy atom. The Kier molecular flexibility index (Phi) is 10.8. The quantitative estimate of drug-likeness (QED) is 0.475. The first-order chi connectivity index (χ1) is 17.7. The summed E-state index contributed by atoms with van der Waals surface area (Å²) in [5.74, 6) is -4.62. The minimum absolute atomic E-state index is 0.151. The lowest BCUT2D eigenvalue weighted by molar-refractivity contribution is -0.193. The molecule has 210 valence electrons. The number of rotatable bonds is 3. The summed E-state index contributed by atoms with van der Waals surface area (Å²) < 4.78 is 63.5. The molecular formula is C21H23F6N5O5S. The second-order valence-electron chi connectivity index (χ2n) is 7.78. The first kappa shape index (κ1) is 30.8. The topological polar surface area (TPSA) is 136 Å². The number of aliphatic carboxylic acids is 2. The molecule has 0 aliphatic carbocycles. The predicted octanol–water partition coefficient (Wildman–Crippen LogP) is 3.19. The second-order valence-corrected chi connectivity index (χ2v) is 8.90. The van der Waals surface area contributed by atoms with Crippen molar-refractivity contribution in [1.29, 1.82) is 0 Å².